The van der Waals surface area contributed by atoms with E-state index in [9.17, 15) is 27.6 Å². The van der Waals surface area contributed by atoms with E-state index in [1.165, 1.54) is 38.3 Å². The quantitative estimate of drug-likeness (QED) is 0.186. The first-order chi connectivity index (χ1) is 19.4. The van der Waals surface area contributed by atoms with Gasteiger partial charge in [0.1, 0.15) is 11.3 Å². The monoisotopic (exact) mass is 602 g/mol. The van der Waals surface area contributed by atoms with E-state index >= 15 is 0 Å². The predicted octanol–water partition coefficient (Wildman–Crippen LogP) is 4.68. The Hall–Kier alpha value is -2.80. The van der Waals surface area contributed by atoms with Crippen molar-refractivity contribution in [3.8, 4) is 5.75 Å². The van der Waals surface area contributed by atoms with Gasteiger partial charge in [-0.15, -0.1) is 11.8 Å². The summed E-state index contributed by atoms with van der Waals surface area (Å²) in [5, 5.41) is 7.12. The van der Waals surface area contributed by atoms with Gasteiger partial charge in [0.2, 0.25) is 11.8 Å². The number of carbonyl (C=O) groups excluding carboxylic acids is 3. The van der Waals surface area contributed by atoms with Gasteiger partial charge in [0.15, 0.2) is 0 Å². The smallest absolute Gasteiger partial charge is 0.490 e. The van der Waals surface area contributed by atoms with Crippen molar-refractivity contribution in [2.24, 2.45) is 11.8 Å². The zero-order valence-electron chi connectivity index (χ0n) is 23.7. The second-order valence-electron chi connectivity index (χ2n) is 10.4. The highest BCUT2D eigenvalue weighted by atomic mass is 32.2. The van der Waals surface area contributed by atoms with Crippen LogP contribution in [0.25, 0.3) is 0 Å². The number of imide groups is 1. The fourth-order valence-corrected chi connectivity index (χ4v) is 7.22. The number of carbonyl (C=O) groups is 4. The first-order valence-corrected chi connectivity index (χ1v) is 14.6. The van der Waals surface area contributed by atoms with Crippen LogP contribution in [0.1, 0.15) is 63.5 Å². The van der Waals surface area contributed by atoms with Crippen LogP contribution >= 0.6 is 11.8 Å². The second-order valence-corrected chi connectivity index (χ2v) is 11.5. The van der Waals surface area contributed by atoms with Crippen LogP contribution in [0.4, 0.5) is 13.2 Å². The Morgan fingerprint density at radius 2 is 1.80 bits per heavy atom. The SMILES string of the molecule is CCCCCCSc1ccc(C2C3C(=O)N(C)C(=O)C3[C@]3(C(=O)OC)CCCCN23)cc1OC.O=C(O)C(F)(F)F. The number of carboxylic acids is 1. The molecule has 0 bridgehead atoms. The number of alkyl halides is 3. The third kappa shape index (κ3) is 6.35. The number of methoxy groups -OCH3 is 2. The Labute approximate surface area is 241 Å². The average molecular weight is 603 g/mol. The Morgan fingerprint density at radius 1 is 1.12 bits per heavy atom. The highest BCUT2D eigenvalue weighted by Gasteiger charge is 2.72. The highest BCUT2D eigenvalue weighted by molar-refractivity contribution is 7.99. The van der Waals surface area contributed by atoms with Gasteiger partial charge in [0.05, 0.1) is 26.1 Å². The number of esters is 1. The van der Waals surface area contributed by atoms with Crippen molar-refractivity contribution in [2.45, 2.75) is 74.5 Å². The van der Waals surface area contributed by atoms with E-state index in [1.54, 1.807) is 18.9 Å². The van der Waals surface area contributed by atoms with Gasteiger partial charge in [0, 0.05) is 18.0 Å². The Bertz CT molecular complexity index is 1150. The number of piperidine rings is 1. The summed E-state index contributed by atoms with van der Waals surface area (Å²) in [5.74, 6) is -3.19. The van der Waals surface area contributed by atoms with Crippen LogP contribution in [0.5, 0.6) is 5.75 Å². The topological polar surface area (TPSA) is 113 Å². The van der Waals surface area contributed by atoms with Gasteiger partial charge in [-0.25, -0.2) is 4.79 Å². The average Bonchev–Trinajstić information content (AvgIpc) is 3.38. The Morgan fingerprint density at radius 3 is 2.39 bits per heavy atom. The molecular weight excluding hydrogens is 565 g/mol. The molecule has 3 aliphatic rings. The third-order valence-electron chi connectivity index (χ3n) is 8.05. The van der Waals surface area contributed by atoms with E-state index in [1.807, 2.05) is 12.1 Å². The molecule has 9 nitrogen and oxygen atoms in total. The molecule has 1 aromatic carbocycles. The molecule has 1 N–H and O–H groups in total. The first-order valence-electron chi connectivity index (χ1n) is 13.6. The van der Waals surface area contributed by atoms with Crippen molar-refractivity contribution in [1.82, 2.24) is 9.80 Å². The molecule has 3 heterocycles. The number of thioether (sulfide) groups is 1. The normalized spacial score (nSPS) is 25.7. The van der Waals surface area contributed by atoms with Gasteiger partial charge in [-0.1, -0.05) is 32.3 Å². The summed E-state index contributed by atoms with van der Waals surface area (Å²) in [6.45, 7) is 2.85. The van der Waals surface area contributed by atoms with Crippen LogP contribution in [0, 0.1) is 11.8 Å². The number of carboxylic acid groups (broad SMARTS) is 1. The number of halogens is 3. The molecule has 0 aliphatic carbocycles. The molecule has 0 aromatic heterocycles. The molecule has 3 saturated heterocycles. The maximum Gasteiger partial charge on any atom is 0.490 e. The number of benzene rings is 1. The largest absolute Gasteiger partial charge is 0.496 e. The van der Waals surface area contributed by atoms with Crippen molar-refractivity contribution >= 4 is 35.5 Å². The van der Waals surface area contributed by atoms with E-state index in [4.69, 9.17) is 19.4 Å². The Balaban J connectivity index is 0.000000587. The zero-order chi connectivity index (χ0) is 30.5. The van der Waals surface area contributed by atoms with Gasteiger partial charge < -0.3 is 14.6 Å². The Kier molecular flexibility index (Phi) is 10.7. The minimum Gasteiger partial charge on any atom is -0.496 e. The zero-order valence-corrected chi connectivity index (χ0v) is 24.5. The summed E-state index contributed by atoms with van der Waals surface area (Å²) in [6, 6.07) is 5.72. The molecule has 228 valence electrons. The minimum absolute atomic E-state index is 0.217. The molecule has 41 heavy (non-hydrogen) atoms. The maximum absolute atomic E-state index is 13.3. The lowest BCUT2D eigenvalue weighted by Crippen LogP contribution is -2.59. The number of hydrogen-bond acceptors (Lipinski definition) is 8. The fourth-order valence-electron chi connectivity index (χ4n) is 6.20. The van der Waals surface area contributed by atoms with Crippen molar-refractivity contribution in [3.63, 3.8) is 0 Å². The number of amides is 2. The number of fused-ring (bicyclic) bond motifs is 3. The second kappa shape index (κ2) is 13.5. The van der Waals surface area contributed by atoms with Crippen LogP contribution in [0.15, 0.2) is 23.1 Å². The summed E-state index contributed by atoms with van der Waals surface area (Å²) >= 11 is 1.78. The fraction of sp³-hybridized carbons (Fsp3) is 0.643. The molecule has 0 saturated carbocycles. The van der Waals surface area contributed by atoms with Gasteiger partial charge in [-0.3, -0.25) is 24.2 Å². The molecule has 4 atom stereocenters. The molecule has 0 radical (unpaired) electrons. The van der Waals surface area contributed by atoms with E-state index in [0.29, 0.717) is 13.0 Å². The standard InChI is InChI=1S/C26H36N2O5S.C2HF3O2/c1-5-6-7-10-15-34-19-12-11-17(16-18(19)32-3)22-20-21(24(30)27(2)23(20)29)26(25(31)33-4)13-8-9-14-28(22)26;3-2(4,5)1(6)7/h11-12,16,20-22H,5-10,13-15H2,1-4H3;(H,6,7)/t20?,21?,22?,26-;/m0./s1. The number of aliphatic carboxylic acids is 1. The minimum atomic E-state index is -5.08. The number of likely N-dealkylation sites (tertiary alicyclic amines) is 1. The number of unbranched alkanes of at least 4 members (excludes halogenated alkanes) is 3. The first kappa shape index (κ1) is 32.7. The summed E-state index contributed by atoms with van der Waals surface area (Å²) in [7, 11) is 4.55. The van der Waals surface area contributed by atoms with Gasteiger partial charge in [-0.05, 0) is 55.7 Å². The molecule has 13 heteroatoms. The van der Waals surface area contributed by atoms with Crippen LogP contribution in [0.3, 0.4) is 0 Å². The number of hydrogen-bond donors (Lipinski definition) is 1. The number of nitrogens with zero attached hydrogens (tertiary/aromatic N) is 2. The lowest BCUT2D eigenvalue weighted by molar-refractivity contribution is -0.192. The van der Waals surface area contributed by atoms with Crippen molar-refractivity contribution in [3.05, 3.63) is 23.8 Å². The van der Waals surface area contributed by atoms with Crippen LogP contribution in [0.2, 0.25) is 0 Å². The van der Waals surface area contributed by atoms with Crippen LogP contribution in [-0.2, 0) is 23.9 Å². The molecule has 3 fully saturated rings. The summed E-state index contributed by atoms with van der Waals surface area (Å²) in [5.41, 5.74) is -0.189. The summed E-state index contributed by atoms with van der Waals surface area (Å²) < 4.78 is 42.7. The lowest BCUT2D eigenvalue weighted by Gasteiger charge is -2.44. The van der Waals surface area contributed by atoms with Crippen LogP contribution < -0.4 is 4.74 Å². The summed E-state index contributed by atoms with van der Waals surface area (Å²) in [4.78, 5) is 53.1. The maximum atomic E-state index is 13.3. The van der Waals surface area contributed by atoms with Crippen molar-refractivity contribution < 1.29 is 46.9 Å². The number of ether oxygens (including phenoxy) is 2. The molecule has 0 spiro atoms. The molecule has 3 unspecified atom stereocenters. The molecule has 2 amide bonds. The van der Waals surface area contributed by atoms with Crippen molar-refractivity contribution in [2.75, 3.05) is 33.6 Å². The van der Waals surface area contributed by atoms with E-state index in [0.717, 1.165) is 41.2 Å². The molecular formula is C28H37F3N2O7S. The highest BCUT2D eigenvalue weighted by Crippen LogP contribution is 2.58. The van der Waals surface area contributed by atoms with Crippen LogP contribution in [-0.4, -0.2) is 83.9 Å². The number of rotatable bonds is 9. The predicted molar refractivity (Wildman–Crippen MR) is 144 cm³/mol. The van der Waals surface area contributed by atoms with Gasteiger partial charge >= 0.3 is 18.1 Å². The lowest BCUT2D eigenvalue weighted by atomic mass is 9.75. The molecule has 1 aromatic rings. The van der Waals surface area contributed by atoms with E-state index in [2.05, 4.69) is 17.9 Å². The molecule has 3 aliphatic heterocycles. The van der Waals surface area contributed by atoms with Gasteiger partial charge in [0.25, 0.3) is 0 Å². The van der Waals surface area contributed by atoms with Gasteiger partial charge in [-0.2, -0.15) is 13.2 Å². The third-order valence-corrected chi connectivity index (χ3v) is 9.19. The van der Waals surface area contributed by atoms with Crippen molar-refractivity contribution in [1.29, 1.82) is 0 Å². The summed E-state index contributed by atoms with van der Waals surface area (Å²) in [6.07, 6.45) is 2.02. The van der Waals surface area contributed by atoms with E-state index < -0.39 is 35.5 Å². The van der Waals surface area contributed by atoms with E-state index in [-0.39, 0.29) is 17.9 Å². The molecule has 4 rings (SSSR count).